The van der Waals surface area contributed by atoms with E-state index in [1.54, 1.807) is 18.2 Å². The fourth-order valence-corrected chi connectivity index (χ4v) is 3.61. The van der Waals surface area contributed by atoms with E-state index in [9.17, 15) is 9.59 Å². The van der Waals surface area contributed by atoms with Gasteiger partial charge in [0.2, 0.25) is 5.91 Å². The summed E-state index contributed by atoms with van der Waals surface area (Å²) in [4.78, 5) is 27.7. The molecule has 0 aromatic heterocycles. The molecule has 0 spiro atoms. The molecule has 0 aliphatic heterocycles. The first kappa shape index (κ1) is 25.0. The van der Waals surface area contributed by atoms with Gasteiger partial charge in [0.15, 0.2) is 6.61 Å². The van der Waals surface area contributed by atoms with Crippen molar-refractivity contribution >= 4 is 35.0 Å². The lowest BCUT2D eigenvalue weighted by Gasteiger charge is -2.33. The molecular weight excluding hydrogens is 435 g/mol. The Morgan fingerprint density at radius 1 is 1.06 bits per heavy atom. The second-order valence-electron chi connectivity index (χ2n) is 8.49. The van der Waals surface area contributed by atoms with Crippen molar-refractivity contribution in [3.8, 4) is 5.75 Å². The minimum Gasteiger partial charge on any atom is -0.484 e. The quantitative estimate of drug-likeness (QED) is 0.568. The van der Waals surface area contributed by atoms with Crippen LogP contribution in [-0.2, 0) is 16.1 Å². The summed E-state index contributed by atoms with van der Waals surface area (Å²) >= 11 is 12.7. The number of halogens is 2. The molecule has 0 fully saturated rings. The van der Waals surface area contributed by atoms with Gasteiger partial charge in [0, 0.05) is 27.7 Å². The van der Waals surface area contributed by atoms with Crippen LogP contribution in [0.2, 0.25) is 10.0 Å². The third-order valence-electron chi connectivity index (χ3n) is 4.66. The molecule has 1 atom stereocenters. The van der Waals surface area contributed by atoms with Crippen LogP contribution in [0, 0.1) is 6.92 Å². The first-order valence-electron chi connectivity index (χ1n) is 10.3. The van der Waals surface area contributed by atoms with Crippen molar-refractivity contribution in [3.63, 3.8) is 0 Å². The van der Waals surface area contributed by atoms with Gasteiger partial charge in [-0.05, 0) is 58.4 Å². The van der Waals surface area contributed by atoms with Crippen LogP contribution in [0.4, 0.5) is 0 Å². The molecule has 0 aliphatic rings. The van der Waals surface area contributed by atoms with Gasteiger partial charge in [-0.1, -0.05) is 53.9 Å². The van der Waals surface area contributed by atoms with Gasteiger partial charge in [-0.15, -0.1) is 0 Å². The molecule has 2 rings (SSSR count). The van der Waals surface area contributed by atoms with Gasteiger partial charge in [-0.2, -0.15) is 0 Å². The number of carbonyl (C=O) groups is 2. The second-order valence-corrected chi connectivity index (χ2v) is 9.30. The van der Waals surface area contributed by atoms with Crippen LogP contribution >= 0.6 is 23.2 Å². The van der Waals surface area contributed by atoms with Crippen LogP contribution in [-0.4, -0.2) is 34.9 Å². The van der Waals surface area contributed by atoms with Crippen molar-refractivity contribution in [3.05, 3.63) is 63.6 Å². The number of carbonyl (C=O) groups excluding carboxylic acids is 2. The van der Waals surface area contributed by atoms with Crippen LogP contribution in [0.5, 0.6) is 5.75 Å². The maximum atomic E-state index is 13.2. The molecule has 7 heteroatoms. The Bertz CT molecular complexity index is 888. The summed E-state index contributed by atoms with van der Waals surface area (Å²) in [5.41, 5.74) is 1.26. The van der Waals surface area contributed by atoms with E-state index in [1.165, 1.54) is 4.90 Å². The average Bonchev–Trinajstić information content (AvgIpc) is 2.68. The highest BCUT2D eigenvalue weighted by Gasteiger charge is 2.31. The highest BCUT2D eigenvalue weighted by atomic mass is 35.5. The molecule has 5 nitrogen and oxygen atoms in total. The summed E-state index contributed by atoms with van der Waals surface area (Å²) < 4.78 is 5.69. The molecule has 2 amide bonds. The Balaban J connectivity index is 2.29. The van der Waals surface area contributed by atoms with E-state index in [1.807, 2.05) is 58.9 Å². The molecule has 2 aromatic carbocycles. The topological polar surface area (TPSA) is 58.6 Å². The predicted molar refractivity (Wildman–Crippen MR) is 126 cm³/mol. The summed E-state index contributed by atoms with van der Waals surface area (Å²) in [6.07, 6.45) is 0.431. The fourth-order valence-electron chi connectivity index (χ4n) is 3.09. The van der Waals surface area contributed by atoms with Crippen LogP contribution in [0.3, 0.4) is 0 Å². The molecule has 0 heterocycles. The van der Waals surface area contributed by atoms with Crippen molar-refractivity contribution in [2.24, 2.45) is 0 Å². The van der Waals surface area contributed by atoms with E-state index >= 15 is 0 Å². The number of hydrogen-bond donors (Lipinski definition) is 1. The molecule has 1 unspecified atom stereocenters. The lowest BCUT2D eigenvalue weighted by atomic mass is 10.1. The number of aryl methyl sites for hydroxylation is 1. The number of nitrogens with zero attached hydrogens (tertiary/aromatic N) is 1. The monoisotopic (exact) mass is 464 g/mol. The maximum absolute atomic E-state index is 13.2. The summed E-state index contributed by atoms with van der Waals surface area (Å²) in [6, 6.07) is 11.9. The van der Waals surface area contributed by atoms with Crippen molar-refractivity contribution in [2.75, 3.05) is 6.61 Å². The second kappa shape index (κ2) is 10.9. The maximum Gasteiger partial charge on any atom is 0.261 e. The molecule has 0 aliphatic carbocycles. The Morgan fingerprint density at radius 3 is 2.16 bits per heavy atom. The van der Waals surface area contributed by atoms with Gasteiger partial charge < -0.3 is 15.0 Å². The Labute approximate surface area is 194 Å². The van der Waals surface area contributed by atoms with Gasteiger partial charge >= 0.3 is 0 Å². The minimum absolute atomic E-state index is 0.102. The van der Waals surface area contributed by atoms with Gasteiger partial charge in [0.05, 0.1) is 0 Å². The van der Waals surface area contributed by atoms with Crippen molar-refractivity contribution in [1.29, 1.82) is 0 Å². The summed E-state index contributed by atoms with van der Waals surface area (Å²) in [7, 11) is 0. The molecular formula is C24H30Cl2N2O3. The first-order valence-corrected chi connectivity index (χ1v) is 11.0. The van der Waals surface area contributed by atoms with E-state index in [4.69, 9.17) is 27.9 Å². The van der Waals surface area contributed by atoms with Crippen molar-refractivity contribution in [1.82, 2.24) is 10.2 Å². The first-order chi connectivity index (χ1) is 14.5. The van der Waals surface area contributed by atoms with Gasteiger partial charge in [0.1, 0.15) is 11.8 Å². The number of rotatable bonds is 8. The van der Waals surface area contributed by atoms with Gasteiger partial charge in [-0.3, -0.25) is 9.59 Å². The zero-order valence-corrected chi connectivity index (χ0v) is 20.2. The molecule has 31 heavy (non-hydrogen) atoms. The molecule has 0 radical (unpaired) electrons. The van der Waals surface area contributed by atoms with Crippen molar-refractivity contribution in [2.45, 2.75) is 59.2 Å². The van der Waals surface area contributed by atoms with E-state index < -0.39 is 11.6 Å². The van der Waals surface area contributed by atoms with Crippen molar-refractivity contribution < 1.29 is 14.3 Å². The van der Waals surface area contributed by atoms with Crippen LogP contribution < -0.4 is 10.1 Å². The summed E-state index contributed by atoms with van der Waals surface area (Å²) in [6.45, 7) is 9.43. The van der Waals surface area contributed by atoms with Crippen LogP contribution in [0.15, 0.2) is 42.5 Å². The van der Waals surface area contributed by atoms with E-state index in [0.29, 0.717) is 27.8 Å². The number of benzene rings is 2. The molecule has 0 saturated carbocycles. The number of hydrogen-bond acceptors (Lipinski definition) is 3. The smallest absolute Gasteiger partial charge is 0.261 e. The Hall–Kier alpha value is -2.24. The lowest BCUT2D eigenvalue weighted by Crippen LogP contribution is -2.54. The van der Waals surface area contributed by atoms with E-state index in [-0.39, 0.29) is 25.0 Å². The normalized spacial score (nSPS) is 12.2. The van der Waals surface area contributed by atoms with Crippen LogP contribution in [0.1, 0.15) is 45.2 Å². The predicted octanol–water partition coefficient (Wildman–Crippen LogP) is 5.40. The molecule has 0 bridgehead atoms. The summed E-state index contributed by atoms with van der Waals surface area (Å²) in [5.74, 6) is 0.0243. The number of nitrogens with one attached hydrogen (secondary N) is 1. The highest BCUT2D eigenvalue weighted by molar-refractivity contribution is 6.36. The lowest BCUT2D eigenvalue weighted by molar-refractivity contribution is -0.143. The third-order valence-corrected chi connectivity index (χ3v) is 5.37. The average molecular weight is 465 g/mol. The molecule has 0 saturated heterocycles. The largest absolute Gasteiger partial charge is 0.484 e. The zero-order chi connectivity index (χ0) is 23.2. The molecule has 2 aromatic rings. The summed E-state index contributed by atoms with van der Waals surface area (Å²) in [5, 5.41) is 3.84. The number of amides is 2. The molecule has 168 valence electrons. The standard InChI is InChI=1S/C24H30Cl2N2O3/c1-6-21(23(30)27-24(3,4)5)28(14-18-19(25)8-7-9-20(18)26)22(29)15-31-17-12-10-16(2)11-13-17/h7-13,21H,6,14-15H2,1-5H3,(H,27,30). The van der Waals surface area contributed by atoms with E-state index in [0.717, 1.165) is 5.56 Å². The van der Waals surface area contributed by atoms with E-state index in [2.05, 4.69) is 5.32 Å². The van der Waals surface area contributed by atoms with Gasteiger partial charge in [0.25, 0.3) is 5.91 Å². The fraction of sp³-hybridized carbons (Fsp3) is 0.417. The van der Waals surface area contributed by atoms with Crippen LogP contribution in [0.25, 0.3) is 0 Å². The zero-order valence-electron chi connectivity index (χ0n) is 18.7. The third kappa shape index (κ3) is 7.44. The molecule has 1 N–H and O–H groups in total. The Kier molecular flexibility index (Phi) is 8.78. The van der Waals surface area contributed by atoms with Gasteiger partial charge in [-0.25, -0.2) is 0 Å². The minimum atomic E-state index is -0.694. The Morgan fingerprint density at radius 2 is 1.65 bits per heavy atom. The SMILES string of the molecule is CCC(C(=O)NC(C)(C)C)N(Cc1c(Cl)cccc1Cl)C(=O)COc1ccc(C)cc1. The number of ether oxygens (including phenoxy) is 1. The highest BCUT2D eigenvalue weighted by Crippen LogP contribution is 2.27.